The minimum atomic E-state index is -0.200. The predicted octanol–water partition coefficient (Wildman–Crippen LogP) is 6.97. The summed E-state index contributed by atoms with van der Waals surface area (Å²) in [6, 6.07) is 0. The fraction of sp³-hybridized carbons (Fsp3) is 0.933. The van der Waals surface area contributed by atoms with Crippen LogP contribution in [0, 0.1) is 56.2 Å². The lowest BCUT2D eigenvalue weighted by Crippen LogP contribution is -2.67. The Morgan fingerprint density at radius 3 is 2.15 bits per heavy atom. The largest absolute Gasteiger partial charge is 0.461 e. The van der Waals surface area contributed by atoms with Gasteiger partial charge >= 0.3 is 5.97 Å². The van der Waals surface area contributed by atoms with Gasteiger partial charge in [-0.05, 0) is 91.8 Å². The van der Waals surface area contributed by atoms with E-state index >= 15 is 0 Å². The highest BCUT2D eigenvalue weighted by molar-refractivity contribution is 5.85. The third kappa shape index (κ3) is 2.39. The number of esters is 1. The first-order valence-corrected chi connectivity index (χ1v) is 14.0. The van der Waals surface area contributed by atoms with Gasteiger partial charge in [-0.3, -0.25) is 9.59 Å². The van der Waals surface area contributed by atoms with Crippen LogP contribution in [0.25, 0.3) is 0 Å². The van der Waals surface area contributed by atoms with E-state index in [0.29, 0.717) is 29.5 Å². The maximum atomic E-state index is 13.3. The Hall–Kier alpha value is -0.860. The minimum absolute atomic E-state index is 0.0910. The Morgan fingerprint density at radius 2 is 1.42 bits per heavy atom. The van der Waals surface area contributed by atoms with Crippen molar-refractivity contribution >= 4 is 11.8 Å². The van der Waals surface area contributed by atoms with Gasteiger partial charge in [-0.25, -0.2) is 0 Å². The van der Waals surface area contributed by atoms with E-state index in [0.717, 1.165) is 32.1 Å². The minimum Gasteiger partial charge on any atom is -0.461 e. The van der Waals surface area contributed by atoms with Crippen LogP contribution < -0.4 is 0 Å². The van der Waals surface area contributed by atoms with Gasteiger partial charge in [-0.1, -0.05) is 48.5 Å². The fourth-order valence-electron chi connectivity index (χ4n) is 11.6. The molecule has 3 heteroatoms. The van der Waals surface area contributed by atoms with Crippen molar-refractivity contribution in [1.82, 2.24) is 0 Å². The van der Waals surface area contributed by atoms with Crippen molar-refractivity contribution in [1.29, 1.82) is 0 Å². The average molecular weight is 455 g/mol. The van der Waals surface area contributed by atoms with Gasteiger partial charge in [-0.15, -0.1) is 0 Å². The molecule has 6 rings (SSSR count). The van der Waals surface area contributed by atoms with Crippen LogP contribution in [-0.4, -0.2) is 17.9 Å². The Bertz CT molecular complexity index is 918. The number of ketones is 1. The number of carbonyl (C=O) groups is 2. The normalized spacial score (nSPS) is 56.2. The SMILES string of the molecule is CC1(C)CC[C@@]23CC[C@]4(C)[C@H](CC[C@@H]5[C@@]6(C)CCC(=O)C(C)(C)[C@@H]6CC[C@]54C)[C@@H]2[C@H]1OC3=O. The van der Waals surface area contributed by atoms with Gasteiger partial charge in [0, 0.05) is 23.2 Å². The van der Waals surface area contributed by atoms with Crippen LogP contribution >= 0.6 is 0 Å². The van der Waals surface area contributed by atoms with Gasteiger partial charge in [-0.2, -0.15) is 0 Å². The molecular formula is C30H46O3. The van der Waals surface area contributed by atoms with Crippen molar-refractivity contribution in [3.05, 3.63) is 0 Å². The second-order valence-corrected chi connectivity index (χ2v) is 15.3. The molecule has 9 atom stereocenters. The van der Waals surface area contributed by atoms with E-state index in [1.165, 1.54) is 32.1 Å². The van der Waals surface area contributed by atoms with Crippen LogP contribution in [-0.2, 0) is 14.3 Å². The summed E-state index contributed by atoms with van der Waals surface area (Å²) in [7, 11) is 0. The third-order valence-corrected chi connectivity index (χ3v) is 13.8. The van der Waals surface area contributed by atoms with Gasteiger partial charge < -0.3 is 4.74 Å². The van der Waals surface area contributed by atoms with Crippen LogP contribution in [0.5, 0.6) is 0 Å². The molecule has 1 aliphatic heterocycles. The van der Waals surface area contributed by atoms with Crippen LogP contribution in [0.3, 0.4) is 0 Å². The van der Waals surface area contributed by atoms with Crippen LogP contribution in [0.1, 0.15) is 113 Å². The summed E-state index contributed by atoms with van der Waals surface area (Å²) in [5, 5.41) is 0. The zero-order valence-corrected chi connectivity index (χ0v) is 22.2. The molecule has 0 unspecified atom stereocenters. The number of Topliss-reactive ketones (excluding diaryl/α,β-unsaturated/α-hetero) is 1. The molecule has 33 heavy (non-hydrogen) atoms. The van der Waals surface area contributed by atoms with E-state index in [2.05, 4.69) is 48.5 Å². The highest BCUT2D eigenvalue weighted by atomic mass is 16.6. The molecule has 5 aliphatic carbocycles. The zero-order chi connectivity index (χ0) is 23.8. The molecule has 0 aromatic carbocycles. The molecule has 0 amide bonds. The third-order valence-electron chi connectivity index (χ3n) is 13.8. The molecule has 0 aromatic heterocycles. The smallest absolute Gasteiger partial charge is 0.312 e. The molecule has 184 valence electrons. The Balaban J connectivity index is 1.42. The highest BCUT2D eigenvalue weighted by Crippen LogP contribution is 2.77. The quantitative estimate of drug-likeness (QED) is 0.371. The van der Waals surface area contributed by atoms with E-state index in [4.69, 9.17) is 4.74 Å². The van der Waals surface area contributed by atoms with Crippen LogP contribution in [0.2, 0.25) is 0 Å². The monoisotopic (exact) mass is 454 g/mol. The Labute approximate surface area is 201 Å². The van der Waals surface area contributed by atoms with Crippen LogP contribution in [0.15, 0.2) is 0 Å². The summed E-state index contributed by atoms with van der Waals surface area (Å²) < 4.78 is 6.27. The number of hydrogen-bond donors (Lipinski definition) is 0. The van der Waals surface area contributed by atoms with E-state index in [9.17, 15) is 9.59 Å². The number of hydrogen-bond acceptors (Lipinski definition) is 3. The lowest BCUT2D eigenvalue weighted by molar-refractivity contribution is -0.239. The number of fused-ring (bicyclic) bond motifs is 5. The second kappa shape index (κ2) is 6.28. The van der Waals surface area contributed by atoms with Gasteiger partial charge in [0.25, 0.3) is 0 Å². The van der Waals surface area contributed by atoms with E-state index in [1.807, 2.05) is 0 Å². The molecule has 0 aromatic rings. The topological polar surface area (TPSA) is 43.4 Å². The summed E-state index contributed by atoms with van der Waals surface area (Å²) in [4.78, 5) is 26.3. The number of carbonyl (C=O) groups excluding carboxylic acids is 2. The molecule has 0 N–H and O–H groups in total. The first kappa shape index (κ1) is 22.6. The van der Waals surface area contributed by atoms with Gasteiger partial charge in [0.2, 0.25) is 0 Å². The van der Waals surface area contributed by atoms with E-state index in [1.54, 1.807) is 0 Å². The van der Waals surface area contributed by atoms with Crippen molar-refractivity contribution in [2.45, 2.75) is 119 Å². The Morgan fingerprint density at radius 1 is 0.727 bits per heavy atom. The van der Waals surface area contributed by atoms with E-state index in [-0.39, 0.29) is 44.6 Å². The lowest BCUT2D eigenvalue weighted by atomic mass is 9.31. The highest BCUT2D eigenvalue weighted by Gasteiger charge is 2.75. The summed E-state index contributed by atoms with van der Waals surface area (Å²) in [6.07, 6.45) is 11.2. The van der Waals surface area contributed by atoms with E-state index < -0.39 is 0 Å². The maximum Gasteiger partial charge on any atom is 0.312 e. The van der Waals surface area contributed by atoms with Crippen molar-refractivity contribution in [3.8, 4) is 0 Å². The zero-order valence-electron chi connectivity index (χ0n) is 22.2. The standard InChI is InChI=1S/C30H46O3/c1-25(2)14-16-30-17-15-28(6)18(22(30)23(25)33-24(30)32)8-9-20-27(5)12-11-21(31)26(3,4)19(27)10-13-29(20,28)7/h18-20,22-23H,8-17H2,1-7H3/t18-,19+,20-,22-,23-,27+,28-,29-,30-/m1/s1. The van der Waals surface area contributed by atoms with Crippen molar-refractivity contribution in [2.75, 3.05) is 0 Å². The second-order valence-electron chi connectivity index (χ2n) is 15.3. The fourth-order valence-corrected chi connectivity index (χ4v) is 11.6. The van der Waals surface area contributed by atoms with Gasteiger partial charge in [0.05, 0.1) is 5.41 Å². The molecule has 0 spiro atoms. The summed E-state index contributed by atoms with van der Waals surface area (Å²) in [5.41, 5.74) is 0.494. The number of rotatable bonds is 0. The molecule has 6 aliphatic rings. The molecule has 6 fully saturated rings. The van der Waals surface area contributed by atoms with Crippen LogP contribution in [0.4, 0.5) is 0 Å². The van der Waals surface area contributed by atoms with Crippen molar-refractivity contribution in [3.63, 3.8) is 0 Å². The lowest BCUT2D eigenvalue weighted by Gasteiger charge is -2.72. The molecule has 1 heterocycles. The van der Waals surface area contributed by atoms with Gasteiger partial charge in [0.15, 0.2) is 0 Å². The first-order chi connectivity index (χ1) is 15.2. The van der Waals surface area contributed by atoms with Gasteiger partial charge in [0.1, 0.15) is 11.9 Å². The molecule has 5 saturated carbocycles. The van der Waals surface area contributed by atoms with Crippen molar-refractivity contribution < 1.29 is 14.3 Å². The predicted molar refractivity (Wildman–Crippen MR) is 129 cm³/mol. The molecule has 3 nitrogen and oxygen atoms in total. The summed E-state index contributed by atoms with van der Waals surface area (Å²) >= 11 is 0. The first-order valence-electron chi connectivity index (χ1n) is 14.0. The number of ether oxygens (including phenoxy) is 1. The summed E-state index contributed by atoms with van der Waals surface area (Å²) in [6.45, 7) is 17.0. The maximum absolute atomic E-state index is 13.3. The molecule has 1 saturated heterocycles. The Kier molecular flexibility index (Phi) is 4.30. The summed E-state index contributed by atoms with van der Waals surface area (Å²) in [5.74, 6) is 2.80. The average Bonchev–Trinajstić information content (AvgIpc) is 2.99. The van der Waals surface area contributed by atoms with Crippen molar-refractivity contribution in [2.24, 2.45) is 56.2 Å². The molecule has 2 bridgehead atoms. The molecule has 0 radical (unpaired) electrons. The molecular weight excluding hydrogens is 408 g/mol.